The van der Waals surface area contributed by atoms with Gasteiger partial charge in [0.1, 0.15) is 0 Å². The molecule has 64 valence electrons. The predicted molar refractivity (Wildman–Crippen MR) is 47.3 cm³/mol. The fourth-order valence-corrected chi connectivity index (χ4v) is 1.89. The average molecular weight is 154 g/mol. The van der Waals surface area contributed by atoms with Gasteiger partial charge in [0.25, 0.3) is 0 Å². The molecule has 1 nitrogen and oxygen atoms in total. The molecule has 1 heterocycles. The molecule has 0 saturated carbocycles. The zero-order valence-corrected chi connectivity index (χ0v) is 7.81. The predicted octanol–water partition coefficient (Wildman–Crippen LogP) is 3.12. The minimum atomic E-state index is 0.384. The van der Waals surface area contributed by atoms with E-state index in [-0.39, 0.29) is 0 Å². The van der Waals surface area contributed by atoms with Crippen molar-refractivity contribution in [3.05, 3.63) is 11.8 Å². The highest BCUT2D eigenvalue weighted by atomic mass is 16.5. The fourth-order valence-electron chi connectivity index (χ4n) is 1.89. The summed E-state index contributed by atoms with van der Waals surface area (Å²) in [6.45, 7) is 7.62. The summed E-state index contributed by atoms with van der Waals surface area (Å²) in [6.07, 6.45) is 5.53. The molecule has 0 aromatic heterocycles. The zero-order valence-electron chi connectivity index (χ0n) is 7.81. The van der Waals surface area contributed by atoms with Crippen LogP contribution in [-0.4, -0.2) is 6.61 Å². The van der Waals surface area contributed by atoms with Crippen LogP contribution in [0.5, 0.6) is 0 Å². The van der Waals surface area contributed by atoms with Gasteiger partial charge in [0.05, 0.1) is 12.9 Å². The smallest absolute Gasteiger partial charge is 0.0967 e. The summed E-state index contributed by atoms with van der Waals surface area (Å²) in [4.78, 5) is 0. The van der Waals surface area contributed by atoms with Gasteiger partial charge in [-0.15, -0.1) is 0 Å². The van der Waals surface area contributed by atoms with Gasteiger partial charge in [0.15, 0.2) is 0 Å². The van der Waals surface area contributed by atoms with Gasteiger partial charge in [0, 0.05) is 5.41 Å². The number of hydrogen-bond acceptors (Lipinski definition) is 1. The first-order valence-electron chi connectivity index (χ1n) is 4.60. The maximum Gasteiger partial charge on any atom is 0.0967 e. The standard InChI is InChI=1S/C10H18O/c1-4-9-7-11-8-10(9,5-2)6-3/h7H,4-6,8H2,1-3H3. The second-order valence-electron chi connectivity index (χ2n) is 3.30. The lowest BCUT2D eigenvalue weighted by Crippen LogP contribution is -2.22. The molecule has 1 heteroatoms. The Morgan fingerprint density at radius 2 is 2.00 bits per heavy atom. The largest absolute Gasteiger partial charge is 0.500 e. The van der Waals surface area contributed by atoms with Crippen molar-refractivity contribution in [2.75, 3.05) is 6.61 Å². The first-order chi connectivity index (χ1) is 5.29. The molecule has 1 rings (SSSR count). The highest BCUT2D eigenvalue weighted by Crippen LogP contribution is 2.40. The second-order valence-corrected chi connectivity index (χ2v) is 3.30. The van der Waals surface area contributed by atoms with Crippen LogP contribution < -0.4 is 0 Å². The molecule has 11 heavy (non-hydrogen) atoms. The molecule has 0 unspecified atom stereocenters. The van der Waals surface area contributed by atoms with Crippen LogP contribution in [0.3, 0.4) is 0 Å². The van der Waals surface area contributed by atoms with E-state index in [2.05, 4.69) is 20.8 Å². The molecule has 0 radical (unpaired) electrons. The molecular weight excluding hydrogens is 136 g/mol. The average Bonchev–Trinajstić information content (AvgIpc) is 2.47. The molecule has 0 fully saturated rings. The number of hydrogen-bond donors (Lipinski definition) is 0. The van der Waals surface area contributed by atoms with Crippen LogP contribution in [0.2, 0.25) is 0 Å². The van der Waals surface area contributed by atoms with Crippen molar-refractivity contribution in [3.63, 3.8) is 0 Å². The van der Waals surface area contributed by atoms with E-state index in [1.54, 1.807) is 0 Å². The van der Waals surface area contributed by atoms with Crippen LogP contribution in [-0.2, 0) is 4.74 Å². The maximum atomic E-state index is 5.38. The first-order valence-corrected chi connectivity index (χ1v) is 4.60. The third-order valence-electron chi connectivity index (χ3n) is 3.00. The Labute approximate surface area is 69.4 Å². The third-order valence-corrected chi connectivity index (χ3v) is 3.00. The summed E-state index contributed by atoms with van der Waals surface area (Å²) in [5.74, 6) is 0. The number of ether oxygens (including phenoxy) is 1. The number of rotatable bonds is 3. The summed E-state index contributed by atoms with van der Waals surface area (Å²) in [5, 5.41) is 0. The van der Waals surface area contributed by atoms with Gasteiger partial charge < -0.3 is 4.74 Å². The topological polar surface area (TPSA) is 9.23 Å². The Hall–Kier alpha value is -0.460. The van der Waals surface area contributed by atoms with Crippen LogP contribution in [0, 0.1) is 5.41 Å². The molecule has 0 N–H and O–H groups in total. The normalized spacial score (nSPS) is 21.2. The molecule has 0 aliphatic carbocycles. The van der Waals surface area contributed by atoms with E-state index in [1.807, 2.05) is 6.26 Å². The lowest BCUT2D eigenvalue weighted by Gasteiger charge is -2.26. The molecule has 0 spiro atoms. The van der Waals surface area contributed by atoms with Crippen LogP contribution >= 0.6 is 0 Å². The van der Waals surface area contributed by atoms with E-state index in [0.29, 0.717) is 5.41 Å². The van der Waals surface area contributed by atoms with E-state index < -0.39 is 0 Å². The lowest BCUT2D eigenvalue weighted by molar-refractivity contribution is 0.172. The van der Waals surface area contributed by atoms with Crippen molar-refractivity contribution >= 4 is 0 Å². The minimum absolute atomic E-state index is 0.384. The van der Waals surface area contributed by atoms with Gasteiger partial charge in [-0.05, 0) is 24.8 Å². The SMILES string of the molecule is CCC1=COCC1(CC)CC. The third kappa shape index (κ3) is 1.29. The summed E-state index contributed by atoms with van der Waals surface area (Å²) >= 11 is 0. The quantitative estimate of drug-likeness (QED) is 0.607. The van der Waals surface area contributed by atoms with Crippen LogP contribution in [0.25, 0.3) is 0 Å². The second kappa shape index (κ2) is 3.29. The Balaban J connectivity index is 2.75. The van der Waals surface area contributed by atoms with Gasteiger partial charge >= 0.3 is 0 Å². The van der Waals surface area contributed by atoms with Crippen molar-refractivity contribution < 1.29 is 4.74 Å². The molecule has 1 aliphatic heterocycles. The lowest BCUT2D eigenvalue weighted by atomic mass is 9.77. The molecule has 1 aliphatic rings. The molecule has 0 aromatic carbocycles. The highest BCUT2D eigenvalue weighted by Gasteiger charge is 2.34. The minimum Gasteiger partial charge on any atom is -0.500 e. The van der Waals surface area contributed by atoms with Crippen molar-refractivity contribution in [2.24, 2.45) is 5.41 Å². The monoisotopic (exact) mass is 154 g/mol. The van der Waals surface area contributed by atoms with Gasteiger partial charge in [-0.25, -0.2) is 0 Å². The maximum absolute atomic E-state index is 5.38. The molecule has 0 bridgehead atoms. The Kier molecular flexibility index (Phi) is 2.58. The molecule has 0 saturated heterocycles. The summed E-state index contributed by atoms with van der Waals surface area (Å²) in [7, 11) is 0. The summed E-state index contributed by atoms with van der Waals surface area (Å²) in [6, 6.07) is 0. The van der Waals surface area contributed by atoms with E-state index in [1.165, 1.54) is 18.4 Å². The van der Waals surface area contributed by atoms with E-state index >= 15 is 0 Å². The van der Waals surface area contributed by atoms with Crippen molar-refractivity contribution in [1.82, 2.24) is 0 Å². The summed E-state index contributed by atoms with van der Waals surface area (Å²) in [5.41, 5.74) is 1.89. The fraction of sp³-hybridized carbons (Fsp3) is 0.800. The van der Waals surface area contributed by atoms with Crippen LogP contribution in [0.15, 0.2) is 11.8 Å². The highest BCUT2D eigenvalue weighted by molar-refractivity contribution is 5.15. The molecular formula is C10H18O. The van der Waals surface area contributed by atoms with E-state index in [0.717, 1.165) is 13.0 Å². The molecule has 0 atom stereocenters. The van der Waals surface area contributed by atoms with E-state index in [4.69, 9.17) is 4.74 Å². The summed E-state index contributed by atoms with van der Waals surface area (Å²) < 4.78 is 5.38. The van der Waals surface area contributed by atoms with Gasteiger partial charge in [-0.1, -0.05) is 20.8 Å². The van der Waals surface area contributed by atoms with Gasteiger partial charge in [0.2, 0.25) is 0 Å². The van der Waals surface area contributed by atoms with Crippen molar-refractivity contribution in [2.45, 2.75) is 40.0 Å². The van der Waals surface area contributed by atoms with Crippen molar-refractivity contribution in [1.29, 1.82) is 0 Å². The molecule has 0 aromatic rings. The Morgan fingerprint density at radius 3 is 2.36 bits per heavy atom. The van der Waals surface area contributed by atoms with Crippen molar-refractivity contribution in [3.8, 4) is 0 Å². The van der Waals surface area contributed by atoms with Crippen LogP contribution in [0.4, 0.5) is 0 Å². The van der Waals surface area contributed by atoms with Crippen LogP contribution in [0.1, 0.15) is 40.0 Å². The van der Waals surface area contributed by atoms with E-state index in [9.17, 15) is 0 Å². The first kappa shape index (κ1) is 8.63. The zero-order chi connectivity index (χ0) is 8.32. The Morgan fingerprint density at radius 1 is 1.36 bits per heavy atom. The Bertz CT molecular complexity index is 154. The molecule has 0 amide bonds. The van der Waals surface area contributed by atoms with Gasteiger partial charge in [-0.3, -0.25) is 0 Å². The van der Waals surface area contributed by atoms with Gasteiger partial charge in [-0.2, -0.15) is 0 Å².